The third-order valence-electron chi connectivity index (χ3n) is 11.0. The fraction of sp³-hybridized carbons (Fsp3) is 0.632. The first-order valence-electron chi connectivity index (χ1n) is 17.3. The Hall–Kier alpha value is -2.86. The Labute approximate surface area is 264 Å². The van der Waals surface area contributed by atoms with Crippen LogP contribution in [-0.2, 0) is 27.8 Å². The highest BCUT2D eigenvalue weighted by atomic mass is 16.5. The van der Waals surface area contributed by atoms with Gasteiger partial charge in [0.2, 0.25) is 5.91 Å². The van der Waals surface area contributed by atoms with E-state index >= 15 is 0 Å². The summed E-state index contributed by atoms with van der Waals surface area (Å²) in [6.45, 7) is 8.34. The van der Waals surface area contributed by atoms with Crippen LogP contribution < -0.4 is 9.47 Å². The molecule has 2 aliphatic heterocycles. The summed E-state index contributed by atoms with van der Waals surface area (Å²) in [5.41, 5.74) is 3.97. The van der Waals surface area contributed by atoms with Crippen molar-refractivity contribution in [3.05, 3.63) is 59.2 Å². The second-order valence-electron chi connectivity index (χ2n) is 14.3. The maximum atomic E-state index is 14.0. The zero-order valence-corrected chi connectivity index (χ0v) is 27.4. The highest BCUT2D eigenvalue weighted by Gasteiger charge is 2.66. The maximum Gasteiger partial charge on any atom is 0.222 e. The molecular formula is C38H52N2O4. The number of Topliss-reactive ketones (excluding diaryl/α,β-unsaturated/α-hetero) is 1. The first-order valence-corrected chi connectivity index (χ1v) is 17.3. The molecule has 6 nitrogen and oxygen atoms in total. The summed E-state index contributed by atoms with van der Waals surface area (Å²) in [5, 5.41) is 0. The third kappa shape index (κ3) is 5.79. The topological polar surface area (TPSA) is 59.1 Å². The zero-order valence-electron chi connectivity index (χ0n) is 27.4. The van der Waals surface area contributed by atoms with E-state index < -0.39 is 0 Å². The Kier molecular flexibility index (Phi) is 9.37. The van der Waals surface area contributed by atoms with E-state index in [2.05, 4.69) is 66.1 Å². The molecule has 2 fully saturated rings. The van der Waals surface area contributed by atoms with Crippen LogP contribution in [0.4, 0.5) is 0 Å². The van der Waals surface area contributed by atoms with Gasteiger partial charge < -0.3 is 14.4 Å². The molecule has 6 rings (SSSR count). The van der Waals surface area contributed by atoms with Crippen LogP contribution in [0.15, 0.2) is 42.5 Å². The van der Waals surface area contributed by atoms with Gasteiger partial charge in [0.25, 0.3) is 0 Å². The minimum absolute atomic E-state index is 0.0510. The molecule has 0 unspecified atom stereocenters. The molecule has 2 aromatic rings. The predicted molar refractivity (Wildman–Crippen MR) is 174 cm³/mol. The normalized spacial score (nSPS) is 26.7. The number of ether oxygens (including phenoxy) is 2. The van der Waals surface area contributed by atoms with Crippen LogP contribution in [0.2, 0.25) is 0 Å². The van der Waals surface area contributed by atoms with E-state index in [1.807, 2.05) is 0 Å². The van der Waals surface area contributed by atoms with Crippen LogP contribution in [-0.4, -0.2) is 66.4 Å². The van der Waals surface area contributed by atoms with Gasteiger partial charge in [0, 0.05) is 30.0 Å². The molecule has 1 saturated carbocycles. The number of benzene rings is 2. The lowest BCUT2D eigenvalue weighted by Gasteiger charge is -2.60. The summed E-state index contributed by atoms with van der Waals surface area (Å²) >= 11 is 0. The summed E-state index contributed by atoms with van der Waals surface area (Å²) in [6, 6.07) is 15.4. The Morgan fingerprint density at radius 2 is 1.82 bits per heavy atom. The van der Waals surface area contributed by atoms with Crippen molar-refractivity contribution in [2.24, 2.45) is 11.8 Å². The number of hydrogen-bond acceptors (Lipinski definition) is 5. The first kappa shape index (κ1) is 31.1. The van der Waals surface area contributed by atoms with E-state index in [1.165, 1.54) is 36.0 Å². The molecule has 0 N–H and O–H groups in total. The number of aryl methyl sites for hydroxylation is 1. The summed E-state index contributed by atoms with van der Waals surface area (Å²) in [5.74, 6) is 3.06. The van der Waals surface area contributed by atoms with Gasteiger partial charge in [0.05, 0.1) is 19.7 Å². The standard InChI is InChI=1S/C38H52N2O4/c1-26(2)24-40(34(42)16-12-7-5-6-9-13-28-14-10-8-11-15-28)31-19-18-30-32-23-29-17-20-33(43-4)36-35(29)38(30,37(31)44-36)21-22-39(32)25-27(3)41/h8,10-11,14-15,17,20,26,30-32,37H,5-7,9,12-13,16,18-19,21-25H2,1-4H3/t30-,31+,32+,37-,38-/m0/s1. The molecule has 0 aromatic heterocycles. The molecule has 1 amide bonds. The molecule has 0 radical (unpaired) electrons. The Morgan fingerprint density at radius 1 is 1.05 bits per heavy atom. The molecule has 238 valence electrons. The predicted octanol–water partition coefficient (Wildman–Crippen LogP) is 6.76. The Bertz CT molecular complexity index is 1330. The van der Waals surface area contributed by atoms with E-state index in [-0.39, 0.29) is 29.3 Å². The number of likely N-dealkylation sites (tertiary alicyclic amines) is 1. The van der Waals surface area contributed by atoms with Crippen molar-refractivity contribution in [3.63, 3.8) is 0 Å². The van der Waals surface area contributed by atoms with Gasteiger partial charge in [-0.15, -0.1) is 0 Å². The van der Waals surface area contributed by atoms with E-state index in [0.29, 0.717) is 30.8 Å². The molecule has 2 bridgehead atoms. The second kappa shape index (κ2) is 13.2. The monoisotopic (exact) mass is 600 g/mol. The van der Waals surface area contributed by atoms with E-state index in [1.54, 1.807) is 14.0 Å². The van der Waals surface area contributed by atoms with Crippen molar-refractivity contribution in [1.82, 2.24) is 9.80 Å². The largest absolute Gasteiger partial charge is 0.493 e. The van der Waals surface area contributed by atoms with E-state index in [4.69, 9.17) is 9.47 Å². The van der Waals surface area contributed by atoms with Gasteiger partial charge in [-0.1, -0.05) is 69.5 Å². The molecule has 44 heavy (non-hydrogen) atoms. The molecule has 5 atom stereocenters. The number of unbranched alkanes of at least 4 members (excludes halogenated alkanes) is 4. The van der Waals surface area contributed by atoms with Gasteiger partial charge in [-0.2, -0.15) is 0 Å². The number of carbonyl (C=O) groups excluding carboxylic acids is 2. The number of methoxy groups -OCH3 is 1. The van der Waals surface area contributed by atoms with E-state index in [0.717, 1.165) is 69.5 Å². The van der Waals surface area contributed by atoms with E-state index in [9.17, 15) is 9.59 Å². The van der Waals surface area contributed by atoms with Crippen LogP contribution in [0.5, 0.6) is 11.5 Å². The van der Waals surface area contributed by atoms with Gasteiger partial charge in [0.15, 0.2) is 11.5 Å². The third-order valence-corrected chi connectivity index (χ3v) is 11.0. The van der Waals surface area contributed by atoms with Crippen molar-refractivity contribution in [3.8, 4) is 11.5 Å². The van der Waals surface area contributed by atoms with Crippen LogP contribution in [0, 0.1) is 11.8 Å². The quantitative estimate of drug-likeness (QED) is 0.224. The smallest absolute Gasteiger partial charge is 0.222 e. The van der Waals surface area contributed by atoms with Crippen LogP contribution in [0.1, 0.15) is 95.2 Å². The molecule has 4 aliphatic rings. The van der Waals surface area contributed by atoms with Gasteiger partial charge in [0.1, 0.15) is 11.9 Å². The number of amides is 1. The fourth-order valence-corrected chi connectivity index (χ4v) is 9.29. The molecular weight excluding hydrogens is 548 g/mol. The summed E-state index contributed by atoms with van der Waals surface area (Å²) in [4.78, 5) is 31.0. The minimum atomic E-state index is -0.132. The number of rotatable bonds is 14. The summed E-state index contributed by atoms with van der Waals surface area (Å²) in [7, 11) is 1.73. The molecule has 1 spiro atoms. The van der Waals surface area contributed by atoms with Crippen molar-refractivity contribution in [1.29, 1.82) is 0 Å². The van der Waals surface area contributed by atoms with Crippen LogP contribution in [0.3, 0.4) is 0 Å². The molecule has 6 heteroatoms. The molecule has 1 saturated heterocycles. The van der Waals surface area contributed by atoms with Crippen molar-refractivity contribution in [2.45, 2.75) is 115 Å². The van der Waals surface area contributed by atoms with Crippen molar-refractivity contribution in [2.75, 3.05) is 26.7 Å². The average Bonchev–Trinajstić information content (AvgIpc) is 3.36. The molecule has 2 aliphatic carbocycles. The zero-order chi connectivity index (χ0) is 30.8. The highest BCUT2D eigenvalue weighted by Crippen LogP contribution is 2.64. The van der Waals surface area contributed by atoms with Gasteiger partial charge in [-0.3, -0.25) is 14.5 Å². The fourth-order valence-electron chi connectivity index (χ4n) is 9.29. The minimum Gasteiger partial charge on any atom is -0.493 e. The number of hydrogen-bond donors (Lipinski definition) is 0. The Balaban J connectivity index is 1.17. The summed E-state index contributed by atoms with van der Waals surface area (Å²) in [6.07, 6.45) is 11.2. The second-order valence-corrected chi connectivity index (χ2v) is 14.3. The highest BCUT2D eigenvalue weighted by molar-refractivity contribution is 5.78. The maximum absolute atomic E-state index is 14.0. The lowest BCUT2D eigenvalue weighted by molar-refractivity contribution is -0.144. The van der Waals surface area contributed by atoms with Gasteiger partial charge in [-0.25, -0.2) is 0 Å². The van der Waals surface area contributed by atoms with Crippen LogP contribution in [0.25, 0.3) is 0 Å². The number of nitrogens with zero attached hydrogens (tertiary/aromatic N) is 2. The van der Waals surface area contributed by atoms with Crippen LogP contribution >= 0.6 is 0 Å². The van der Waals surface area contributed by atoms with Crippen molar-refractivity contribution < 1.29 is 19.1 Å². The number of carbonyl (C=O) groups is 2. The first-order chi connectivity index (χ1) is 21.3. The molecule has 2 aromatic carbocycles. The van der Waals surface area contributed by atoms with Gasteiger partial charge >= 0.3 is 0 Å². The number of ketones is 1. The van der Waals surface area contributed by atoms with Crippen molar-refractivity contribution >= 4 is 11.7 Å². The van der Waals surface area contributed by atoms with Gasteiger partial charge in [-0.05, 0) is 87.4 Å². The number of piperidine rings is 1. The lowest BCUT2D eigenvalue weighted by atomic mass is 9.51. The SMILES string of the molecule is COc1ccc2c3c1O[C@H]1[C@H](N(CC(C)C)C(=O)CCCCCCCc4ccccc4)CC[C@H]4[C@@H](C2)N(CC(C)=O)CC[C@@]341. The summed E-state index contributed by atoms with van der Waals surface area (Å²) < 4.78 is 12.9. The molecule has 2 heterocycles. The average molecular weight is 601 g/mol. The lowest BCUT2D eigenvalue weighted by Crippen LogP contribution is -2.69. The Morgan fingerprint density at radius 3 is 2.57 bits per heavy atom.